The van der Waals surface area contributed by atoms with Crippen LogP contribution in [0.1, 0.15) is 17.7 Å². The molecule has 0 aromatic carbocycles. The molecule has 2 rings (SSSR count). The van der Waals surface area contributed by atoms with Crippen molar-refractivity contribution in [3.05, 3.63) is 21.3 Å². The van der Waals surface area contributed by atoms with E-state index >= 15 is 0 Å². The van der Waals surface area contributed by atoms with E-state index in [0.29, 0.717) is 25.4 Å². The second-order valence-corrected chi connectivity index (χ2v) is 6.71. The fraction of sp³-hybridized carbons (Fsp3) is 0.538. The van der Waals surface area contributed by atoms with Crippen LogP contribution in [0.4, 0.5) is 4.79 Å². The molecule has 1 saturated carbocycles. The normalized spacial score (nSPS) is 14.1. The lowest BCUT2D eigenvalue weighted by Gasteiger charge is -2.20. The Morgan fingerprint density at radius 3 is 2.75 bits per heavy atom. The third kappa shape index (κ3) is 5.02. The molecule has 1 aromatic heterocycles. The predicted octanol–water partition coefficient (Wildman–Crippen LogP) is 2.45. The Balaban J connectivity index is 1.76. The maximum atomic E-state index is 12.0. The molecule has 0 radical (unpaired) electrons. The van der Waals surface area contributed by atoms with E-state index in [9.17, 15) is 9.59 Å². The summed E-state index contributed by atoms with van der Waals surface area (Å²) >= 11 is 7.32. The number of rotatable bonds is 7. The molecule has 0 aliphatic heterocycles. The van der Waals surface area contributed by atoms with Crippen LogP contribution < -0.4 is 5.32 Å². The number of carboxylic acid groups (broad SMARTS) is 1. The SMILES string of the molecule is O=C(O)CN(CC1CC1)C(=O)NCCc1ccc(Cl)s1. The van der Waals surface area contributed by atoms with Crippen LogP contribution in [0.2, 0.25) is 4.34 Å². The van der Waals surface area contributed by atoms with Crippen molar-refractivity contribution in [1.82, 2.24) is 10.2 Å². The minimum absolute atomic E-state index is 0.243. The highest BCUT2D eigenvalue weighted by Crippen LogP contribution is 2.29. The van der Waals surface area contributed by atoms with E-state index in [4.69, 9.17) is 16.7 Å². The lowest BCUT2D eigenvalue weighted by Crippen LogP contribution is -2.44. The van der Waals surface area contributed by atoms with E-state index < -0.39 is 5.97 Å². The summed E-state index contributed by atoms with van der Waals surface area (Å²) in [6, 6.07) is 3.45. The number of hydrogen-bond donors (Lipinski definition) is 2. The van der Waals surface area contributed by atoms with Crippen LogP contribution >= 0.6 is 22.9 Å². The van der Waals surface area contributed by atoms with Crippen molar-refractivity contribution >= 4 is 34.9 Å². The van der Waals surface area contributed by atoms with Crippen molar-refractivity contribution in [2.45, 2.75) is 19.3 Å². The Bertz CT molecular complexity index is 488. The van der Waals surface area contributed by atoms with Gasteiger partial charge in [-0.05, 0) is 37.3 Å². The number of urea groups is 1. The van der Waals surface area contributed by atoms with Gasteiger partial charge >= 0.3 is 12.0 Å². The minimum Gasteiger partial charge on any atom is -0.480 e. The molecule has 0 spiro atoms. The molecule has 2 amide bonds. The van der Waals surface area contributed by atoms with Gasteiger partial charge in [0.25, 0.3) is 0 Å². The molecule has 110 valence electrons. The summed E-state index contributed by atoms with van der Waals surface area (Å²) in [5.74, 6) is -0.512. The van der Waals surface area contributed by atoms with E-state index in [1.807, 2.05) is 12.1 Å². The Labute approximate surface area is 126 Å². The lowest BCUT2D eigenvalue weighted by atomic mass is 10.3. The molecule has 1 aliphatic rings. The molecular weight excluding hydrogens is 300 g/mol. The van der Waals surface area contributed by atoms with E-state index in [0.717, 1.165) is 22.1 Å². The van der Waals surface area contributed by atoms with Gasteiger partial charge < -0.3 is 15.3 Å². The Hall–Kier alpha value is -1.27. The standard InChI is InChI=1S/C13H17ClN2O3S/c14-11-4-3-10(20-11)5-6-15-13(19)16(8-12(17)18)7-9-1-2-9/h3-4,9H,1-2,5-8H2,(H,15,19)(H,17,18). The van der Waals surface area contributed by atoms with E-state index in [2.05, 4.69) is 5.32 Å². The first-order chi connectivity index (χ1) is 9.54. The number of aliphatic carboxylic acids is 1. The van der Waals surface area contributed by atoms with Gasteiger partial charge in [0.05, 0.1) is 4.34 Å². The zero-order valence-corrected chi connectivity index (χ0v) is 12.5. The second-order valence-electron chi connectivity index (χ2n) is 4.91. The first kappa shape index (κ1) is 15.1. The van der Waals surface area contributed by atoms with Crippen LogP contribution in [0, 0.1) is 5.92 Å². The lowest BCUT2D eigenvalue weighted by molar-refractivity contribution is -0.137. The molecule has 1 fully saturated rings. The zero-order chi connectivity index (χ0) is 14.5. The van der Waals surface area contributed by atoms with E-state index in [-0.39, 0.29) is 12.6 Å². The highest BCUT2D eigenvalue weighted by atomic mass is 35.5. The summed E-state index contributed by atoms with van der Waals surface area (Å²) < 4.78 is 0.729. The summed E-state index contributed by atoms with van der Waals surface area (Å²) in [6.07, 6.45) is 2.86. The topological polar surface area (TPSA) is 69.6 Å². The third-order valence-corrected chi connectivity index (χ3v) is 4.36. The molecule has 0 bridgehead atoms. The number of carbonyl (C=O) groups is 2. The van der Waals surface area contributed by atoms with Gasteiger partial charge in [0.1, 0.15) is 6.54 Å². The van der Waals surface area contributed by atoms with Crippen molar-refractivity contribution in [2.24, 2.45) is 5.92 Å². The average molecular weight is 317 g/mol. The summed E-state index contributed by atoms with van der Waals surface area (Å²) in [4.78, 5) is 25.2. The first-order valence-electron chi connectivity index (χ1n) is 6.53. The summed E-state index contributed by atoms with van der Waals surface area (Å²) in [6.45, 7) is 0.770. The molecule has 0 atom stereocenters. The average Bonchev–Trinajstić information content (AvgIpc) is 3.09. The van der Waals surface area contributed by atoms with Crippen LogP contribution in [-0.4, -0.2) is 41.6 Å². The van der Waals surface area contributed by atoms with Gasteiger partial charge in [0.2, 0.25) is 0 Å². The largest absolute Gasteiger partial charge is 0.480 e. The molecule has 0 saturated heterocycles. The van der Waals surface area contributed by atoms with Crippen LogP contribution in [0.25, 0.3) is 0 Å². The van der Waals surface area contributed by atoms with Crippen molar-refractivity contribution in [3.8, 4) is 0 Å². The Kier molecular flexibility index (Phi) is 5.25. The summed E-state index contributed by atoms with van der Waals surface area (Å²) in [5, 5.41) is 11.6. The molecule has 7 heteroatoms. The molecule has 20 heavy (non-hydrogen) atoms. The minimum atomic E-state index is -0.981. The fourth-order valence-corrected chi connectivity index (χ4v) is 2.97. The van der Waals surface area contributed by atoms with Crippen LogP contribution in [-0.2, 0) is 11.2 Å². The van der Waals surface area contributed by atoms with Gasteiger partial charge in [-0.2, -0.15) is 0 Å². The van der Waals surface area contributed by atoms with E-state index in [1.54, 1.807) is 0 Å². The molecule has 5 nitrogen and oxygen atoms in total. The van der Waals surface area contributed by atoms with Gasteiger partial charge in [-0.25, -0.2) is 4.79 Å². The van der Waals surface area contributed by atoms with Gasteiger partial charge in [0.15, 0.2) is 0 Å². The molecule has 0 unspecified atom stereocenters. The fourth-order valence-electron chi connectivity index (χ4n) is 1.89. The number of nitrogens with one attached hydrogen (secondary N) is 1. The monoisotopic (exact) mass is 316 g/mol. The molecule has 2 N–H and O–H groups in total. The molecule has 1 aromatic rings. The summed E-state index contributed by atoms with van der Waals surface area (Å²) in [5.41, 5.74) is 0. The highest BCUT2D eigenvalue weighted by molar-refractivity contribution is 7.16. The smallest absolute Gasteiger partial charge is 0.323 e. The first-order valence-corrected chi connectivity index (χ1v) is 7.73. The number of amides is 2. The Morgan fingerprint density at radius 2 is 2.20 bits per heavy atom. The van der Waals surface area contributed by atoms with Crippen molar-refractivity contribution in [1.29, 1.82) is 0 Å². The Morgan fingerprint density at radius 1 is 1.45 bits per heavy atom. The number of nitrogens with zero attached hydrogens (tertiary/aromatic N) is 1. The number of thiophene rings is 1. The molecule has 1 heterocycles. The highest BCUT2D eigenvalue weighted by Gasteiger charge is 2.27. The van der Waals surface area contributed by atoms with Gasteiger partial charge in [-0.3, -0.25) is 4.79 Å². The van der Waals surface area contributed by atoms with E-state index in [1.165, 1.54) is 16.2 Å². The number of hydrogen-bond acceptors (Lipinski definition) is 3. The van der Waals surface area contributed by atoms with Gasteiger partial charge in [-0.15, -0.1) is 11.3 Å². The third-order valence-electron chi connectivity index (χ3n) is 3.07. The van der Waals surface area contributed by atoms with Gasteiger partial charge in [-0.1, -0.05) is 11.6 Å². The predicted molar refractivity (Wildman–Crippen MR) is 78.4 cm³/mol. The van der Waals surface area contributed by atoms with Crippen LogP contribution in [0.5, 0.6) is 0 Å². The second kappa shape index (κ2) is 6.95. The molecule has 1 aliphatic carbocycles. The van der Waals surface area contributed by atoms with Crippen LogP contribution in [0.3, 0.4) is 0 Å². The molecular formula is C13H17ClN2O3S. The quantitative estimate of drug-likeness (QED) is 0.812. The van der Waals surface area contributed by atoms with Gasteiger partial charge in [0, 0.05) is 18.0 Å². The van der Waals surface area contributed by atoms with Crippen molar-refractivity contribution in [2.75, 3.05) is 19.6 Å². The zero-order valence-electron chi connectivity index (χ0n) is 11.0. The van der Waals surface area contributed by atoms with Crippen molar-refractivity contribution in [3.63, 3.8) is 0 Å². The summed E-state index contributed by atoms with van der Waals surface area (Å²) in [7, 11) is 0. The maximum absolute atomic E-state index is 12.0. The van der Waals surface area contributed by atoms with Crippen LogP contribution in [0.15, 0.2) is 12.1 Å². The number of halogens is 1. The number of carbonyl (C=O) groups excluding carboxylic acids is 1. The number of carboxylic acids is 1. The van der Waals surface area contributed by atoms with Crippen molar-refractivity contribution < 1.29 is 14.7 Å². The maximum Gasteiger partial charge on any atom is 0.323 e.